The molecule has 3 heterocycles. The Balaban J connectivity index is 1.43. The molecule has 7 heteroatoms. The Bertz CT molecular complexity index is 1260. The summed E-state index contributed by atoms with van der Waals surface area (Å²) in [5.41, 5.74) is 2.70. The summed E-state index contributed by atoms with van der Waals surface area (Å²) in [6.07, 6.45) is 2.18. The SMILES string of the molecule is COc1ccc(C2CCCN2Cc2nc3scc(-c4ccc(F)cc4)c3c(=O)[nH]2)cc1. The van der Waals surface area contributed by atoms with E-state index in [-0.39, 0.29) is 11.4 Å². The highest BCUT2D eigenvalue weighted by molar-refractivity contribution is 7.17. The number of hydrogen-bond donors (Lipinski definition) is 1. The van der Waals surface area contributed by atoms with Crippen LogP contribution < -0.4 is 10.3 Å². The topological polar surface area (TPSA) is 58.2 Å². The summed E-state index contributed by atoms with van der Waals surface area (Å²) in [6.45, 7) is 1.55. The van der Waals surface area contributed by atoms with Crippen molar-refractivity contribution in [2.75, 3.05) is 13.7 Å². The minimum absolute atomic E-state index is 0.152. The molecule has 1 atom stereocenters. The van der Waals surface area contributed by atoms with E-state index in [4.69, 9.17) is 9.72 Å². The lowest BCUT2D eigenvalue weighted by Gasteiger charge is -2.24. The zero-order valence-electron chi connectivity index (χ0n) is 17.1. The molecule has 1 saturated heterocycles. The van der Waals surface area contributed by atoms with E-state index in [2.05, 4.69) is 22.0 Å². The van der Waals surface area contributed by atoms with Crippen LogP contribution in [-0.2, 0) is 6.54 Å². The molecule has 5 nitrogen and oxygen atoms in total. The third kappa shape index (κ3) is 3.86. The van der Waals surface area contributed by atoms with Crippen LogP contribution in [0.25, 0.3) is 21.3 Å². The number of likely N-dealkylation sites (tertiary alicyclic amines) is 1. The molecule has 0 saturated carbocycles. The summed E-state index contributed by atoms with van der Waals surface area (Å²) >= 11 is 1.44. The van der Waals surface area contributed by atoms with Gasteiger partial charge in [0.1, 0.15) is 22.2 Å². The van der Waals surface area contributed by atoms with E-state index in [0.29, 0.717) is 28.6 Å². The molecule has 0 spiro atoms. The van der Waals surface area contributed by atoms with E-state index in [1.54, 1.807) is 19.2 Å². The smallest absolute Gasteiger partial charge is 0.260 e. The first-order chi connectivity index (χ1) is 15.1. The van der Waals surface area contributed by atoms with Gasteiger partial charge in [-0.3, -0.25) is 9.69 Å². The van der Waals surface area contributed by atoms with Gasteiger partial charge >= 0.3 is 0 Å². The molecule has 1 aliphatic rings. The minimum Gasteiger partial charge on any atom is -0.497 e. The molecule has 0 radical (unpaired) electrons. The van der Waals surface area contributed by atoms with E-state index < -0.39 is 0 Å². The number of nitrogens with one attached hydrogen (secondary N) is 1. The number of fused-ring (bicyclic) bond motifs is 1. The molecule has 0 bridgehead atoms. The van der Waals surface area contributed by atoms with Gasteiger partial charge in [-0.25, -0.2) is 9.37 Å². The van der Waals surface area contributed by atoms with Gasteiger partial charge in [-0.05, 0) is 54.8 Å². The molecule has 1 N–H and O–H groups in total. The Labute approximate surface area is 183 Å². The van der Waals surface area contributed by atoms with Crippen LogP contribution in [0.5, 0.6) is 5.75 Å². The van der Waals surface area contributed by atoms with Crippen LogP contribution in [0.2, 0.25) is 0 Å². The molecular formula is C24H22FN3O2S. The molecule has 0 amide bonds. The number of H-pyrrole nitrogens is 1. The maximum absolute atomic E-state index is 13.3. The molecule has 4 aromatic rings. The van der Waals surface area contributed by atoms with E-state index in [1.807, 2.05) is 17.5 Å². The average Bonchev–Trinajstić information content (AvgIpc) is 3.42. The molecule has 2 aromatic carbocycles. The number of aromatic amines is 1. The van der Waals surface area contributed by atoms with Crippen molar-refractivity contribution in [3.63, 3.8) is 0 Å². The molecule has 1 fully saturated rings. The van der Waals surface area contributed by atoms with Gasteiger partial charge in [-0.1, -0.05) is 24.3 Å². The summed E-state index contributed by atoms with van der Waals surface area (Å²) in [5, 5.41) is 2.48. The fourth-order valence-corrected chi connectivity index (χ4v) is 5.29. The Hall–Kier alpha value is -3.03. The third-order valence-corrected chi connectivity index (χ3v) is 6.74. The first-order valence-electron chi connectivity index (χ1n) is 10.3. The normalized spacial score (nSPS) is 16.8. The van der Waals surface area contributed by atoms with Gasteiger partial charge in [0.2, 0.25) is 0 Å². The van der Waals surface area contributed by atoms with Gasteiger partial charge in [-0.15, -0.1) is 11.3 Å². The number of methoxy groups -OCH3 is 1. The zero-order valence-corrected chi connectivity index (χ0v) is 17.9. The van der Waals surface area contributed by atoms with Gasteiger partial charge in [-0.2, -0.15) is 0 Å². The summed E-state index contributed by atoms with van der Waals surface area (Å²) in [6, 6.07) is 14.7. The maximum Gasteiger partial charge on any atom is 0.260 e. The van der Waals surface area contributed by atoms with Crippen molar-refractivity contribution in [3.05, 3.63) is 81.5 Å². The monoisotopic (exact) mass is 435 g/mol. The lowest BCUT2D eigenvalue weighted by Crippen LogP contribution is -2.25. The Morgan fingerprint density at radius 3 is 2.71 bits per heavy atom. The second-order valence-corrected chi connectivity index (χ2v) is 8.61. The Morgan fingerprint density at radius 2 is 1.97 bits per heavy atom. The molecule has 31 heavy (non-hydrogen) atoms. The number of rotatable bonds is 5. The predicted molar refractivity (Wildman–Crippen MR) is 121 cm³/mol. The van der Waals surface area contributed by atoms with Crippen LogP contribution >= 0.6 is 11.3 Å². The van der Waals surface area contributed by atoms with Crippen molar-refractivity contribution in [1.82, 2.24) is 14.9 Å². The van der Waals surface area contributed by atoms with Crippen LogP contribution in [0.4, 0.5) is 4.39 Å². The third-order valence-electron chi connectivity index (χ3n) is 5.87. The molecular weight excluding hydrogens is 413 g/mol. The highest BCUT2D eigenvalue weighted by Gasteiger charge is 2.27. The van der Waals surface area contributed by atoms with Crippen molar-refractivity contribution in [2.24, 2.45) is 0 Å². The number of benzene rings is 2. The molecule has 2 aromatic heterocycles. The molecule has 5 rings (SSSR count). The quantitative estimate of drug-likeness (QED) is 0.472. The second-order valence-electron chi connectivity index (χ2n) is 7.75. The van der Waals surface area contributed by atoms with Gasteiger partial charge in [0.15, 0.2) is 0 Å². The van der Waals surface area contributed by atoms with Crippen LogP contribution in [0.3, 0.4) is 0 Å². The van der Waals surface area contributed by atoms with E-state index in [9.17, 15) is 9.18 Å². The fourth-order valence-electron chi connectivity index (χ4n) is 4.32. The highest BCUT2D eigenvalue weighted by Crippen LogP contribution is 2.34. The van der Waals surface area contributed by atoms with Gasteiger partial charge in [0, 0.05) is 17.0 Å². The summed E-state index contributed by atoms with van der Waals surface area (Å²) in [4.78, 5) is 23.7. The summed E-state index contributed by atoms with van der Waals surface area (Å²) in [5.74, 6) is 1.22. The van der Waals surface area contributed by atoms with Crippen molar-refractivity contribution in [1.29, 1.82) is 0 Å². The highest BCUT2D eigenvalue weighted by atomic mass is 32.1. The van der Waals surface area contributed by atoms with Gasteiger partial charge < -0.3 is 9.72 Å². The standard InChI is InChI=1S/C24H22FN3O2S/c1-30-18-10-6-16(7-11-18)20-3-2-12-28(20)13-21-26-23(29)22-19(14-31-24(22)27-21)15-4-8-17(25)9-5-15/h4-11,14,20H,2-3,12-13H2,1H3,(H,26,27,29). The van der Waals surface area contributed by atoms with Crippen molar-refractivity contribution in [2.45, 2.75) is 25.4 Å². The number of aromatic nitrogens is 2. The molecule has 1 aliphatic heterocycles. The van der Waals surface area contributed by atoms with Crippen molar-refractivity contribution in [3.8, 4) is 16.9 Å². The van der Waals surface area contributed by atoms with E-state index in [0.717, 1.165) is 36.3 Å². The minimum atomic E-state index is -0.297. The maximum atomic E-state index is 13.3. The summed E-state index contributed by atoms with van der Waals surface area (Å²) in [7, 11) is 1.67. The number of thiophene rings is 1. The molecule has 0 aliphatic carbocycles. The van der Waals surface area contributed by atoms with Crippen LogP contribution in [0.1, 0.15) is 30.3 Å². The Kier molecular flexibility index (Phi) is 5.29. The predicted octanol–water partition coefficient (Wildman–Crippen LogP) is 5.14. The fraction of sp³-hybridized carbons (Fsp3) is 0.250. The van der Waals surface area contributed by atoms with Crippen molar-refractivity contribution < 1.29 is 9.13 Å². The Morgan fingerprint density at radius 1 is 1.19 bits per heavy atom. The van der Waals surface area contributed by atoms with Crippen molar-refractivity contribution >= 4 is 21.6 Å². The van der Waals surface area contributed by atoms with Crippen LogP contribution in [0.15, 0.2) is 58.7 Å². The number of hydrogen-bond acceptors (Lipinski definition) is 5. The largest absolute Gasteiger partial charge is 0.497 e. The zero-order chi connectivity index (χ0) is 21.4. The second kappa shape index (κ2) is 8.24. The number of halogens is 1. The first-order valence-corrected chi connectivity index (χ1v) is 11.1. The lowest BCUT2D eigenvalue weighted by molar-refractivity contribution is 0.242. The lowest BCUT2D eigenvalue weighted by atomic mass is 10.0. The molecule has 158 valence electrons. The van der Waals surface area contributed by atoms with Gasteiger partial charge in [0.05, 0.1) is 19.0 Å². The average molecular weight is 436 g/mol. The van der Waals surface area contributed by atoms with E-state index in [1.165, 1.54) is 29.0 Å². The van der Waals surface area contributed by atoms with E-state index >= 15 is 0 Å². The first kappa shape index (κ1) is 19.9. The number of ether oxygens (including phenoxy) is 1. The van der Waals surface area contributed by atoms with Crippen LogP contribution in [0, 0.1) is 5.82 Å². The number of nitrogens with zero attached hydrogens (tertiary/aromatic N) is 2. The molecule has 1 unspecified atom stereocenters. The van der Waals surface area contributed by atoms with Crippen LogP contribution in [-0.4, -0.2) is 28.5 Å². The summed E-state index contributed by atoms with van der Waals surface area (Å²) < 4.78 is 18.5. The van der Waals surface area contributed by atoms with Gasteiger partial charge in [0.25, 0.3) is 5.56 Å².